The standard InChI is InChI=1S/C14H18N2O5/c1-9(13(17)18)8-15-14(19)16-10-3-4-11-12(7-10)21-6-2-5-20-11/h3-4,7,9H,2,5-6,8H2,1H3,(H,17,18)(H2,15,16,19). The Morgan fingerprint density at radius 2 is 2.00 bits per heavy atom. The van der Waals surface area contributed by atoms with Crippen LogP contribution >= 0.6 is 0 Å². The number of hydrogen-bond acceptors (Lipinski definition) is 4. The topological polar surface area (TPSA) is 96.9 Å². The first-order chi connectivity index (χ1) is 10.1. The van der Waals surface area contributed by atoms with Crippen LogP contribution in [0.1, 0.15) is 13.3 Å². The number of benzene rings is 1. The Labute approximate surface area is 122 Å². The molecule has 3 N–H and O–H groups in total. The number of amides is 2. The molecule has 0 aromatic heterocycles. The number of hydrogen-bond donors (Lipinski definition) is 3. The van der Waals surface area contributed by atoms with Gasteiger partial charge in [0.1, 0.15) is 0 Å². The van der Waals surface area contributed by atoms with Crippen molar-refractivity contribution >= 4 is 17.7 Å². The molecule has 1 aromatic rings. The highest BCUT2D eigenvalue weighted by molar-refractivity contribution is 5.90. The van der Waals surface area contributed by atoms with Crippen molar-refractivity contribution in [2.75, 3.05) is 25.1 Å². The number of nitrogens with one attached hydrogen (secondary N) is 2. The molecule has 114 valence electrons. The van der Waals surface area contributed by atoms with Crippen molar-refractivity contribution in [1.29, 1.82) is 0 Å². The molecule has 0 saturated carbocycles. The average Bonchev–Trinajstić information content (AvgIpc) is 2.69. The van der Waals surface area contributed by atoms with Gasteiger partial charge in [0, 0.05) is 24.7 Å². The molecule has 1 aromatic carbocycles. The predicted molar refractivity (Wildman–Crippen MR) is 75.9 cm³/mol. The molecule has 1 aliphatic rings. The lowest BCUT2D eigenvalue weighted by Crippen LogP contribution is -2.34. The third kappa shape index (κ3) is 4.27. The number of carbonyl (C=O) groups excluding carboxylic acids is 1. The Morgan fingerprint density at radius 1 is 1.29 bits per heavy atom. The molecule has 1 atom stereocenters. The minimum Gasteiger partial charge on any atom is -0.490 e. The summed E-state index contributed by atoms with van der Waals surface area (Å²) in [4.78, 5) is 22.3. The number of rotatable bonds is 4. The van der Waals surface area contributed by atoms with Crippen LogP contribution in [0, 0.1) is 5.92 Å². The van der Waals surface area contributed by atoms with E-state index in [0.717, 1.165) is 6.42 Å². The second-order valence-electron chi connectivity index (χ2n) is 4.79. The van der Waals surface area contributed by atoms with Crippen LogP contribution in [0.25, 0.3) is 0 Å². The summed E-state index contributed by atoms with van der Waals surface area (Å²) < 4.78 is 11.0. The van der Waals surface area contributed by atoms with Gasteiger partial charge >= 0.3 is 12.0 Å². The number of carboxylic acid groups (broad SMARTS) is 1. The smallest absolute Gasteiger partial charge is 0.319 e. The summed E-state index contributed by atoms with van der Waals surface area (Å²) in [5.41, 5.74) is 0.555. The number of carbonyl (C=O) groups is 2. The molecule has 7 nitrogen and oxygen atoms in total. The molecule has 0 radical (unpaired) electrons. The van der Waals surface area contributed by atoms with Crippen LogP contribution in [0.5, 0.6) is 11.5 Å². The highest BCUT2D eigenvalue weighted by Gasteiger charge is 2.14. The Morgan fingerprint density at radius 3 is 2.71 bits per heavy atom. The first-order valence-corrected chi connectivity index (χ1v) is 6.73. The fraction of sp³-hybridized carbons (Fsp3) is 0.429. The van der Waals surface area contributed by atoms with Crippen LogP contribution in [-0.2, 0) is 4.79 Å². The van der Waals surface area contributed by atoms with Crippen LogP contribution in [0.15, 0.2) is 18.2 Å². The van der Waals surface area contributed by atoms with Crippen molar-refractivity contribution in [3.8, 4) is 11.5 Å². The maximum atomic E-state index is 11.7. The number of carboxylic acids is 1. The van der Waals surface area contributed by atoms with E-state index < -0.39 is 17.9 Å². The van der Waals surface area contributed by atoms with E-state index in [9.17, 15) is 9.59 Å². The Bertz CT molecular complexity index is 532. The van der Waals surface area contributed by atoms with Gasteiger partial charge in [-0.1, -0.05) is 6.92 Å². The minimum atomic E-state index is -0.953. The zero-order chi connectivity index (χ0) is 15.2. The van der Waals surface area contributed by atoms with Gasteiger partial charge in [-0.25, -0.2) is 4.79 Å². The van der Waals surface area contributed by atoms with E-state index >= 15 is 0 Å². The Kier molecular flexibility index (Phi) is 4.86. The highest BCUT2D eigenvalue weighted by Crippen LogP contribution is 2.32. The predicted octanol–water partition coefficient (Wildman–Crippen LogP) is 1.69. The average molecular weight is 294 g/mol. The van der Waals surface area contributed by atoms with Gasteiger partial charge in [-0.15, -0.1) is 0 Å². The summed E-state index contributed by atoms with van der Waals surface area (Å²) >= 11 is 0. The number of anilines is 1. The summed E-state index contributed by atoms with van der Waals surface area (Å²) in [5.74, 6) is -0.354. The number of ether oxygens (including phenoxy) is 2. The maximum Gasteiger partial charge on any atom is 0.319 e. The molecule has 0 bridgehead atoms. The van der Waals surface area contributed by atoms with Crippen LogP contribution in [0.2, 0.25) is 0 Å². The van der Waals surface area contributed by atoms with Crippen molar-refractivity contribution in [3.63, 3.8) is 0 Å². The minimum absolute atomic E-state index is 0.0612. The third-order valence-corrected chi connectivity index (χ3v) is 3.00. The van der Waals surface area contributed by atoms with Gasteiger partial charge in [0.25, 0.3) is 0 Å². The van der Waals surface area contributed by atoms with Gasteiger partial charge < -0.3 is 25.2 Å². The van der Waals surface area contributed by atoms with E-state index in [1.54, 1.807) is 18.2 Å². The van der Waals surface area contributed by atoms with Crippen LogP contribution in [0.4, 0.5) is 10.5 Å². The summed E-state index contributed by atoms with van der Waals surface area (Å²) in [6.07, 6.45) is 0.811. The lowest BCUT2D eigenvalue weighted by atomic mass is 10.2. The molecule has 0 fully saturated rings. The molecule has 21 heavy (non-hydrogen) atoms. The van der Waals surface area contributed by atoms with E-state index in [1.165, 1.54) is 6.92 Å². The molecule has 2 rings (SSSR count). The van der Waals surface area contributed by atoms with E-state index in [1.807, 2.05) is 0 Å². The normalized spacial score (nSPS) is 14.7. The number of urea groups is 1. The number of fused-ring (bicyclic) bond motifs is 1. The van der Waals surface area contributed by atoms with Crippen molar-refractivity contribution in [2.24, 2.45) is 5.92 Å². The molecule has 2 amide bonds. The summed E-state index contributed by atoms with van der Waals surface area (Å²) in [5, 5.41) is 13.9. The SMILES string of the molecule is CC(CNC(=O)Nc1ccc2c(c1)OCCCO2)C(=O)O. The maximum absolute atomic E-state index is 11.7. The second-order valence-corrected chi connectivity index (χ2v) is 4.79. The van der Waals surface area contributed by atoms with Crippen molar-refractivity contribution < 1.29 is 24.2 Å². The van der Waals surface area contributed by atoms with Crippen LogP contribution < -0.4 is 20.1 Å². The highest BCUT2D eigenvalue weighted by atomic mass is 16.5. The van der Waals surface area contributed by atoms with Crippen molar-refractivity contribution in [2.45, 2.75) is 13.3 Å². The van der Waals surface area contributed by atoms with Gasteiger partial charge in [0.05, 0.1) is 19.1 Å². The van der Waals surface area contributed by atoms with E-state index in [4.69, 9.17) is 14.6 Å². The van der Waals surface area contributed by atoms with Crippen molar-refractivity contribution in [3.05, 3.63) is 18.2 Å². The van der Waals surface area contributed by atoms with Crippen molar-refractivity contribution in [1.82, 2.24) is 5.32 Å². The molecule has 7 heteroatoms. The van der Waals surface area contributed by atoms with Crippen LogP contribution in [0.3, 0.4) is 0 Å². The quantitative estimate of drug-likeness (QED) is 0.785. The first kappa shape index (κ1) is 15.0. The molecule has 1 aliphatic heterocycles. The first-order valence-electron chi connectivity index (χ1n) is 6.73. The molecule has 0 spiro atoms. The lowest BCUT2D eigenvalue weighted by Gasteiger charge is -2.12. The molecule has 0 aliphatic carbocycles. The third-order valence-electron chi connectivity index (χ3n) is 3.00. The van der Waals surface area contributed by atoms with E-state index in [-0.39, 0.29) is 6.54 Å². The Hall–Kier alpha value is -2.44. The summed E-state index contributed by atoms with van der Waals surface area (Å²) in [6, 6.07) is 4.66. The fourth-order valence-electron chi connectivity index (χ4n) is 1.75. The van der Waals surface area contributed by atoms with Crippen LogP contribution in [-0.4, -0.2) is 36.9 Å². The van der Waals surface area contributed by atoms with E-state index in [2.05, 4.69) is 10.6 Å². The zero-order valence-electron chi connectivity index (χ0n) is 11.7. The lowest BCUT2D eigenvalue weighted by molar-refractivity contribution is -0.140. The van der Waals surface area contributed by atoms with Gasteiger partial charge in [-0.3, -0.25) is 4.79 Å². The second kappa shape index (κ2) is 6.83. The summed E-state index contributed by atoms with van der Waals surface area (Å²) in [6.45, 7) is 2.76. The zero-order valence-corrected chi connectivity index (χ0v) is 11.7. The van der Waals surface area contributed by atoms with Gasteiger partial charge in [-0.2, -0.15) is 0 Å². The van der Waals surface area contributed by atoms with Gasteiger partial charge in [0.15, 0.2) is 11.5 Å². The van der Waals surface area contributed by atoms with E-state index in [0.29, 0.717) is 30.4 Å². The molecule has 1 unspecified atom stereocenters. The molecular formula is C14H18N2O5. The molecule has 0 saturated heterocycles. The van der Waals surface area contributed by atoms with Gasteiger partial charge in [0.2, 0.25) is 0 Å². The largest absolute Gasteiger partial charge is 0.490 e. The summed E-state index contributed by atoms with van der Waals surface area (Å²) in [7, 11) is 0. The van der Waals surface area contributed by atoms with Gasteiger partial charge in [-0.05, 0) is 12.1 Å². The monoisotopic (exact) mass is 294 g/mol. The Balaban J connectivity index is 1.92. The number of aliphatic carboxylic acids is 1. The molecule has 1 heterocycles. The fourth-order valence-corrected chi connectivity index (χ4v) is 1.75. The molecular weight excluding hydrogens is 276 g/mol.